The number of anilines is 1. The van der Waals surface area contributed by atoms with Crippen LogP contribution in [0.1, 0.15) is 34.0 Å². The van der Waals surface area contributed by atoms with Crippen LogP contribution in [0.25, 0.3) is 0 Å². The van der Waals surface area contributed by atoms with E-state index < -0.39 is 0 Å². The summed E-state index contributed by atoms with van der Waals surface area (Å²) in [6.07, 6.45) is 0. The first-order chi connectivity index (χ1) is 12.5. The van der Waals surface area contributed by atoms with Gasteiger partial charge in [0.15, 0.2) is 10.1 Å². The molecular formula is C20H21N3OS2. The third-order valence-corrected chi connectivity index (χ3v) is 6.06. The summed E-state index contributed by atoms with van der Waals surface area (Å²) < 4.78 is 0.798. The van der Waals surface area contributed by atoms with Gasteiger partial charge in [0.1, 0.15) is 0 Å². The van der Waals surface area contributed by atoms with E-state index >= 15 is 0 Å². The maximum atomic E-state index is 12.8. The molecule has 0 amide bonds. The lowest BCUT2D eigenvalue weighted by atomic mass is 10.0. The molecule has 0 unspecified atom stereocenters. The zero-order chi connectivity index (χ0) is 18.5. The van der Waals surface area contributed by atoms with Gasteiger partial charge >= 0.3 is 0 Å². The van der Waals surface area contributed by atoms with E-state index in [9.17, 15) is 4.79 Å². The molecule has 1 heterocycles. The molecule has 1 atom stereocenters. The van der Waals surface area contributed by atoms with Crippen molar-refractivity contribution in [3.05, 3.63) is 70.8 Å². The summed E-state index contributed by atoms with van der Waals surface area (Å²) in [5, 5.41) is 12.2. The van der Waals surface area contributed by atoms with E-state index in [0.29, 0.717) is 6.54 Å². The van der Waals surface area contributed by atoms with Crippen LogP contribution in [0.4, 0.5) is 5.13 Å². The first-order valence-corrected chi connectivity index (χ1v) is 10.1. The summed E-state index contributed by atoms with van der Waals surface area (Å²) in [7, 11) is 0. The number of aromatic nitrogens is 2. The van der Waals surface area contributed by atoms with Gasteiger partial charge in [0.25, 0.3) is 0 Å². The number of ketones is 1. The van der Waals surface area contributed by atoms with E-state index in [2.05, 4.69) is 27.6 Å². The highest BCUT2D eigenvalue weighted by Crippen LogP contribution is 2.31. The van der Waals surface area contributed by atoms with Crippen LogP contribution in [0.2, 0.25) is 0 Å². The maximum absolute atomic E-state index is 12.8. The molecular weight excluding hydrogens is 362 g/mol. The fourth-order valence-corrected chi connectivity index (χ4v) is 4.49. The van der Waals surface area contributed by atoms with Gasteiger partial charge in [0, 0.05) is 12.1 Å². The van der Waals surface area contributed by atoms with Crippen molar-refractivity contribution in [2.45, 2.75) is 36.9 Å². The smallest absolute Gasteiger partial charge is 0.206 e. The van der Waals surface area contributed by atoms with Gasteiger partial charge in [-0.15, -0.1) is 10.2 Å². The Balaban J connectivity index is 1.61. The number of hydrogen-bond donors (Lipinski definition) is 1. The zero-order valence-electron chi connectivity index (χ0n) is 15.0. The van der Waals surface area contributed by atoms with Crippen molar-refractivity contribution in [3.8, 4) is 0 Å². The second kappa shape index (κ2) is 8.47. The molecule has 0 aliphatic rings. The maximum Gasteiger partial charge on any atom is 0.206 e. The number of hydrogen-bond acceptors (Lipinski definition) is 6. The third kappa shape index (κ3) is 4.71. The number of nitrogens with zero attached hydrogens (tertiary/aromatic N) is 2. The van der Waals surface area contributed by atoms with Gasteiger partial charge in [-0.1, -0.05) is 71.1 Å². The molecule has 0 spiro atoms. The lowest BCUT2D eigenvalue weighted by Crippen LogP contribution is -2.15. The molecule has 6 heteroatoms. The molecule has 3 rings (SSSR count). The lowest BCUT2D eigenvalue weighted by Gasteiger charge is -2.11. The Hall–Kier alpha value is -2.18. The molecule has 3 aromatic rings. The van der Waals surface area contributed by atoms with Gasteiger partial charge in [-0.3, -0.25) is 4.79 Å². The van der Waals surface area contributed by atoms with Crippen LogP contribution in [-0.4, -0.2) is 21.2 Å². The van der Waals surface area contributed by atoms with Crippen molar-refractivity contribution < 1.29 is 4.79 Å². The molecule has 0 aliphatic carbocycles. The molecule has 0 fully saturated rings. The fraction of sp³-hybridized carbons (Fsp3) is 0.250. The average Bonchev–Trinajstić information content (AvgIpc) is 3.09. The van der Waals surface area contributed by atoms with E-state index in [1.165, 1.54) is 28.7 Å². The Morgan fingerprint density at radius 1 is 1.15 bits per heavy atom. The number of Topliss-reactive ketones (excluding diaryl/α,β-unsaturated/α-hetero) is 1. The van der Waals surface area contributed by atoms with Crippen LogP contribution in [-0.2, 0) is 6.54 Å². The minimum absolute atomic E-state index is 0.130. The Labute approximate surface area is 162 Å². The summed E-state index contributed by atoms with van der Waals surface area (Å²) in [6, 6.07) is 16.1. The number of carbonyl (C=O) groups is 1. The zero-order valence-corrected chi connectivity index (χ0v) is 16.7. The minimum Gasteiger partial charge on any atom is -0.356 e. The number of aryl methyl sites for hydroxylation is 2. The lowest BCUT2D eigenvalue weighted by molar-refractivity contribution is 0.0993. The Kier molecular flexibility index (Phi) is 6.06. The molecule has 0 aliphatic heterocycles. The van der Waals surface area contributed by atoms with Gasteiger partial charge in [-0.05, 0) is 38.0 Å². The number of carbonyl (C=O) groups excluding carboxylic acids is 1. The number of nitrogens with one attached hydrogen (secondary N) is 1. The van der Waals surface area contributed by atoms with Gasteiger partial charge in [0.2, 0.25) is 5.13 Å². The van der Waals surface area contributed by atoms with E-state index in [1.54, 1.807) is 0 Å². The van der Waals surface area contributed by atoms with E-state index in [1.807, 2.05) is 57.2 Å². The van der Waals surface area contributed by atoms with Crippen LogP contribution in [0.5, 0.6) is 0 Å². The summed E-state index contributed by atoms with van der Waals surface area (Å²) >= 11 is 2.94. The van der Waals surface area contributed by atoms with Crippen LogP contribution in [0, 0.1) is 13.8 Å². The van der Waals surface area contributed by atoms with Crippen molar-refractivity contribution in [2.75, 3.05) is 5.32 Å². The van der Waals surface area contributed by atoms with E-state index in [-0.39, 0.29) is 11.0 Å². The highest BCUT2D eigenvalue weighted by molar-refractivity contribution is 8.02. The Morgan fingerprint density at radius 3 is 2.69 bits per heavy atom. The summed E-state index contributed by atoms with van der Waals surface area (Å²) in [5.74, 6) is 0.130. The Bertz CT molecular complexity index is 893. The van der Waals surface area contributed by atoms with Crippen molar-refractivity contribution in [3.63, 3.8) is 0 Å². The minimum atomic E-state index is -0.203. The molecule has 1 N–H and O–H groups in total. The second-order valence-electron chi connectivity index (χ2n) is 6.15. The molecule has 2 aromatic carbocycles. The van der Waals surface area contributed by atoms with Gasteiger partial charge in [-0.25, -0.2) is 0 Å². The summed E-state index contributed by atoms with van der Waals surface area (Å²) in [5.41, 5.74) is 4.09. The first-order valence-electron chi connectivity index (χ1n) is 8.42. The van der Waals surface area contributed by atoms with Crippen LogP contribution in [0.3, 0.4) is 0 Å². The molecule has 0 radical (unpaired) electrons. The van der Waals surface area contributed by atoms with Crippen molar-refractivity contribution in [1.29, 1.82) is 0 Å². The quantitative estimate of drug-likeness (QED) is 0.453. The van der Waals surface area contributed by atoms with E-state index in [4.69, 9.17) is 0 Å². The number of benzene rings is 2. The molecule has 0 bridgehead atoms. The largest absolute Gasteiger partial charge is 0.356 e. The second-order valence-corrected chi connectivity index (χ2v) is 8.72. The molecule has 4 nitrogen and oxygen atoms in total. The van der Waals surface area contributed by atoms with Crippen LogP contribution >= 0.6 is 23.1 Å². The van der Waals surface area contributed by atoms with Gasteiger partial charge in [0.05, 0.1) is 5.25 Å². The first kappa shape index (κ1) is 18.6. The van der Waals surface area contributed by atoms with Crippen molar-refractivity contribution in [2.24, 2.45) is 0 Å². The van der Waals surface area contributed by atoms with Crippen LogP contribution < -0.4 is 5.32 Å². The topological polar surface area (TPSA) is 54.9 Å². The average molecular weight is 384 g/mol. The Morgan fingerprint density at radius 2 is 1.92 bits per heavy atom. The van der Waals surface area contributed by atoms with Crippen molar-refractivity contribution in [1.82, 2.24) is 10.2 Å². The standard InChI is InChI=1S/C20H21N3OS2/c1-13-9-10-14(2)17(11-13)18(24)15(3)25-20-23-22-19(26-20)21-12-16-7-5-4-6-8-16/h4-11,15H,12H2,1-3H3,(H,21,22)/t15-/m1/s1. The number of thioether (sulfide) groups is 1. The highest BCUT2D eigenvalue weighted by Gasteiger charge is 2.20. The molecule has 26 heavy (non-hydrogen) atoms. The predicted molar refractivity (Wildman–Crippen MR) is 109 cm³/mol. The van der Waals surface area contributed by atoms with E-state index in [0.717, 1.165) is 26.2 Å². The number of rotatable bonds is 7. The predicted octanol–water partition coefficient (Wildman–Crippen LogP) is 5.13. The molecule has 134 valence electrons. The van der Waals surface area contributed by atoms with Crippen molar-refractivity contribution >= 4 is 34.0 Å². The third-order valence-electron chi connectivity index (χ3n) is 4.00. The molecule has 0 saturated heterocycles. The normalized spacial score (nSPS) is 12.0. The van der Waals surface area contributed by atoms with Crippen LogP contribution in [0.15, 0.2) is 52.9 Å². The monoisotopic (exact) mass is 383 g/mol. The van der Waals surface area contributed by atoms with Gasteiger partial charge in [-0.2, -0.15) is 0 Å². The van der Waals surface area contributed by atoms with Gasteiger partial charge < -0.3 is 5.32 Å². The molecule has 1 aromatic heterocycles. The summed E-state index contributed by atoms with van der Waals surface area (Å²) in [4.78, 5) is 12.8. The molecule has 0 saturated carbocycles. The SMILES string of the molecule is Cc1ccc(C)c(C(=O)[C@@H](C)Sc2nnc(NCc3ccccc3)s2)c1. The highest BCUT2D eigenvalue weighted by atomic mass is 32.2. The summed E-state index contributed by atoms with van der Waals surface area (Å²) in [6.45, 7) is 6.61. The fourth-order valence-electron chi connectivity index (χ4n) is 2.53.